The van der Waals surface area contributed by atoms with Gasteiger partial charge in [0.15, 0.2) is 5.75 Å². The number of rotatable bonds is 10. The molecule has 1 heterocycles. The van der Waals surface area contributed by atoms with Crippen LogP contribution in [-0.4, -0.2) is 22.2 Å². The number of carbonyl (C=O) groups is 1. The predicted molar refractivity (Wildman–Crippen MR) is 110 cm³/mol. The second-order valence-electron chi connectivity index (χ2n) is 7.34. The average Bonchev–Trinajstić information content (AvgIpc) is 2.64. The molecule has 1 aromatic heterocycles. The molecule has 0 radical (unpaired) electrons. The summed E-state index contributed by atoms with van der Waals surface area (Å²) in [7, 11) is 0. The molecule has 0 saturated heterocycles. The van der Waals surface area contributed by atoms with Crippen molar-refractivity contribution in [2.45, 2.75) is 72.3 Å². The van der Waals surface area contributed by atoms with Crippen LogP contribution in [0.3, 0.4) is 0 Å². The lowest BCUT2D eigenvalue weighted by molar-refractivity contribution is -0.132. The zero-order chi connectivity index (χ0) is 20.7. The van der Waals surface area contributed by atoms with E-state index in [1.54, 1.807) is 18.2 Å². The van der Waals surface area contributed by atoms with Gasteiger partial charge in [-0.1, -0.05) is 39.0 Å². The third kappa shape index (κ3) is 5.27. The van der Waals surface area contributed by atoms with Crippen LogP contribution in [0.5, 0.6) is 17.2 Å². The predicted octanol–water partition coefficient (Wildman–Crippen LogP) is 4.95. The van der Waals surface area contributed by atoms with E-state index in [4.69, 9.17) is 9.47 Å². The van der Waals surface area contributed by atoms with Crippen LogP contribution < -0.4 is 15.0 Å². The van der Waals surface area contributed by atoms with E-state index < -0.39 is 11.5 Å². The van der Waals surface area contributed by atoms with Gasteiger partial charge >= 0.3 is 5.97 Å². The number of hydrogen-bond donors (Lipinski definition) is 1. The molecule has 0 aliphatic carbocycles. The molecule has 0 spiro atoms. The Morgan fingerprint density at radius 2 is 1.82 bits per heavy atom. The number of nitrogens with zero attached hydrogens (tertiary/aromatic N) is 1. The number of aromatic nitrogens is 1. The second-order valence-corrected chi connectivity index (χ2v) is 7.34. The van der Waals surface area contributed by atoms with Gasteiger partial charge in [0.25, 0.3) is 5.56 Å². The number of unbranched alkanes of at least 4 members (excludes halogenated alkanes) is 5. The van der Waals surface area contributed by atoms with Crippen LogP contribution in [0, 0.1) is 0 Å². The molecule has 2 aromatic rings. The van der Waals surface area contributed by atoms with E-state index in [0.717, 1.165) is 12.8 Å². The van der Waals surface area contributed by atoms with Crippen LogP contribution in [0.4, 0.5) is 0 Å². The lowest BCUT2D eigenvalue weighted by atomic mass is 10.1. The van der Waals surface area contributed by atoms with Crippen LogP contribution in [0.2, 0.25) is 0 Å². The first kappa shape index (κ1) is 21.8. The standard InChI is InChI=1S/C22H31NO5/c1-5-6-7-8-9-10-13-27-17-11-12-18-19(14-17)23(15(2)3)22(26)21(20(18)25)28-16(4)24/h11-12,14-15,25H,5-10,13H2,1-4H3. The third-order valence-electron chi connectivity index (χ3n) is 4.64. The van der Waals surface area contributed by atoms with Gasteiger partial charge in [0.2, 0.25) is 5.75 Å². The summed E-state index contributed by atoms with van der Waals surface area (Å²) in [5, 5.41) is 10.9. The smallest absolute Gasteiger partial charge is 0.308 e. The molecule has 1 aromatic carbocycles. The van der Waals surface area contributed by atoms with Crippen molar-refractivity contribution in [3.8, 4) is 17.2 Å². The van der Waals surface area contributed by atoms with Crippen molar-refractivity contribution in [1.29, 1.82) is 0 Å². The summed E-state index contributed by atoms with van der Waals surface area (Å²) in [6.07, 6.45) is 7.10. The molecule has 0 bridgehead atoms. The van der Waals surface area contributed by atoms with Crippen LogP contribution in [-0.2, 0) is 4.79 Å². The highest BCUT2D eigenvalue weighted by Gasteiger charge is 2.21. The Labute approximate surface area is 166 Å². The minimum absolute atomic E-state index is 0.182. The van der Waals surface area contributed by atoms with E-state index in [-0.39, 0.29) is 17.5 Å². The zero-order valence-corrected chi connectivity index (χ0v) is 17.3. The van der Waals surface area contributed by atoms with Crippen LogP contribution in [0.25, 0.3) is 10.9 Å². The summed E-state index contributed by atoms with van der Waals surface area (Å²) >= 11 is 0. The Morgan fingerprint density at radius 1 is 1.14 bits per heavy atom. The van der Waals surface area contributed by atoms with E-state index in [1.165, 1.54) is 37.2 Å². The molecule has 0 saturated carbocycles. The quantitative estimate of drug-likeness (QED) is 0.459. The minimum Gasteiger partial charge on any atom is -0.504 e. The van der Waals surface area contributed by atoms with Crippen molar-refractivity contribution in [2.24, 2.45) is 0 Å². The fourth-order valence-electron chi connectivity index (χ4n) is 3.26. The van der Waals surface area contributed by atoms with Crippen LogP contribution >= 0.6 is 0 Å². The van der Waals surface area contributed by atoms with Crippen molar-refractivity contribution < 1.29 is 19.4 Å². The number of ether oxygens (including phenoxy) is 2. The first-order valence-electron chi connectivity index (χ1n) is 10.1. The molecule has 0 atom stereocenters. The number of hydrogen-bond acceptors (Lipinski definition) is 5. The number of carbonyl (C=O) groups excluding carboxylic acids is 1. The lowest BCUT2D eigenvalue weighted by Crippen LogP contribution is -2.25. The lowest BCUT2D eigenvalue weighted by Gasteiger charge is -2.18. The van der Waals surface area contributed by atoms with E-state index in [2.05, 4.69) is 6.92 Å². The molecule has 0 fully saturated rings. The average molecular weight is 389 g/mol. The molecule has 6 nitrogen and oxygen atoms in total. The minimum atomic E-state index is -0.652. The largest absolute Gasteiger partial charge is 0.504 e. The molecule has 0 aliphatic rings. The van der Waals surface area contributed by atoms with Gasteiger partial charge < -0.3 is 19.1 Å². The third-order valence-corrected chi connectivity index (χ3v) is 4.64. The highest BCUT2D eigenvalue weighted by molar-refractivity contribution is 5.89. The maximum Gasteiger partial charge on any atom is 0.308 e. The van der Waals surface area contributed by atoms with E-state index in [9.17, 15) is 14.7 Å². The summed E-state index contributed by atoms with van der Waals surface area (Å²) in [6, 6.07) is 5.02. The van der Waals surface area contributed by atoms with Crippen molar-refractivity contribution in [2.75, 3.05) is 6.61 Å². The summed E-state index contributed by atoms with van der Waals surface area (Å²) in [5.74, 6) is -0.667. The number of pyridine rings is 1. The van der Waals surface area contributed by atoms with Gasteiger partial charge in [-0.15, -0.1) is 0 Å². The van der Waals surface area contributed by atoms with Crippen molar-refractivity contribution in [1.82, 2.24) is 4.57 Å². The van der Waals surface area contributed by atoms with Gasteiger partial charge in [-0.2, -0.15) is 0 Å². The Bertz CT molecular complexity index is 869. The fraction of sp³-hybridized carbons (Fsp3) is 0.545. The Kier molecular flexibility index (Phi) is 7.91. The summed E-state index contributed by atoms with van der Waals surface area (Å²) in [5.41, 5.74) is 0.0112. The first-order valence-corrected chi connectivity index (χ1v) is 10.1. The Hall–Kier alpha value is -2.50. The molecule has 2 rings (SSSR count). The van der Waals surface area contributed by atoms with Gasteiger partial charge in [-0.25, -0.2) is 0 Å². The topological polar surface area (TPSA) is 77.8 Å². The number of esters is 1. The molecule has 0 amide bonds. The van der Waals surface area contributed by atoms with Crippen molar-refractivity contribution in [3.63, 3.8) is 0 Å². The molecule has 154 valence electrons. The molecule has 0 aliphatic heterocycles. The van der Waals surface area contributed by atoms with Gasteiger partial charge in [-0.05, 0) is 32.4 Å². The summed E-state index contributed by atoms with van der Waals surface area (Å²) < 4.78 is 12.3. The number of benzene rings is 1. The van der Waals surface area contributed by atoms with Gasteiger partial charge in [-0.3, -0.25) is 9.59 Å². The monoisotopic (exact) mass is 389 g/mol. The molecule has 0 unspecified atom stereocenters. The maximum atomic E-state index is 12.8. The van der Waals surface area contributed by atoms with Crippen molar-refractivity contribution >= 4 is 16.9 Å². The fourth-order valence-corrected chi connectivity index (χ4v) is 3.26. The van der Waals surface area contributed by atoms with Crippen molar-refractivity contribution in [3.05, 3.63) is 28.6 Å². The molecule has 28 heavy (non-hydrogen) atoms. The van der Waals surface area contributed by atoms with Crippen LogP contribution in [0.1, 0.15) is 72.3 Å². The molecular weight excluding hydrogens is 358 g/mol. The summed E-state index contributed by atoms with van der Waals surface area (Å²) in [6.45, 7) is 7.73. The van der Waals surface area contributed by atoms with E-state index in [0.29, 0.717) is 23.3 Å². The highest BCUT2D eigenvalue weighted by Crippen LogP contribution is 2.34. The number of fused-ring (bicyclic) bond motifs is 1. The van der Waals surface area contributed by atoms with Gasteiger partial charge in [0, 0.05) is 24.4 Å². The highest BCUT2D eigenvalue weighted by atomic mass is 16.5. The molecule has 1 N–H and O–H groups in total. The SMILES string of the molecule is CCCCCCCCOc1ccc2c(O)c(OC(C)=O)c(=O)n(C(C)C)c2c1. The van der Waals surface area contributed by atoms with Gasteiger partial charge in [0.05, 0.1) is 12.1 Å². The van der Waals surface area contributed by atoms with E-state index in [1.807, 2.05) is 13.8 Å². The molecular formula is C22H31NO5. The van der Waals surface area contributed by atoms with E-state index >= 15 is 0 Å². The Morgan fingerprint density at radius 3 is 2.46 bits per heavy atom. The normalized spacial score (nSPS) is 11.2. The summed E-state index contributed by atoms with van der Waals surface area (Å²) in [4.78, 5) is 24.1. The van der Waals surface area contributed by atoms with Gasteiger partial charge in [0.1, 0.15) is 5.75 Å². The van der Waals surface area contributed by atoms with Crippen LogP contribution in [0.15, 0.2) is 23.0 Å². The Balaban J connectivity index is 2.25. The first-order chi connectivity index (χ1) is 13.4. The second kappa shape index (κ2) is 10.2. The maximum absolute atomic E-state index is 12.8. The number of aromatic hydroxyl groups is 1. The molecule has 6 heteroatoms. The zero-order valence-electron chi connectivity index (χ0n) is 17.3.